The second-order valence-corrected chi connectivity index (χ2v) is 7.85. The molecule has 4 aliphatic carbocycles. The molecule has 2 bridgehead atoms. The Kier molecular flexibility index (Phi) is 3.10. The third-order valence-electron chi connectivity index (χ3n) is 6.90. The number of rotatable bonds is 4. The van der Waals surface area contributed by atoms with Crippen molar-refractivity contribution in [2.24, 2.45) is 23.7 Å². The van der Waals surface area contributed by atoms with E-state index >= 15 is 0 Å². The predicted molar refractivity (Wildman–Crippen MR) is 79.2 cm³/mol. The highest BCUT2D eigenvalue weighted by Crippen LogP contribution is 2.65. The average molecular weight is 276 g/mol. The van der Waals surface area contributed by atoms with Crippen LogP contribution in [0.25, 0.3) is 0 Å². The average Bonchev–Trinajstić information content (AvgIpc) is 2.86. The Morgan fingerprint density at radius 1 is 1.10 bits per heavy atom. The van der Waals surface area contributed by atoms with Gasteiger partial charge in [0, 0.05) is 18.0 Å². The van der Waals surface area contributed by atoms with E-state index < -0.39 is 0 Å². The van der Waals surface area contributed by atoms with Crippen LogP contribution in [0.15, 0.2) is 0 Å². The molecule has 0 spiro atoms. The van der Waals surface area contributed by atoms with Gasteiger partial charge in [-0.2, -0.15) is 0 Å². The molecular weight excluding hydrogens is 248 g/mol. The number of carbonyl (C=O) groups is 1. The molecule has 2 N–H and O–H groups in total. The van der Waals surface area contributed by atoms with Crippen molar-refractivity contribution in [1.29, 1.82) is 0 Å². The van der Waals surface area contributed by atoms with Crippen molar-refractivity contribution in [1.82, 2.24) is 10.6 Å². The van der Waals surface area contributed by atoms with E-state index in [1.54, 1.807) is 0 Å². The maximum absolute atomic E-state index is 12.4. The molecule has 1 amide bonds. The monoisotopic (exact) mass is 276 g/mol. The molecule has 4 saturated carbocycles. The van der Waals surface area contributed by atoms with Crippen LogP contribution >= 0.6 is 0 Å². The molecule has 3 heteroatoms. The van der Waals surface area contributed by atoms with Gasteiger partial charge in [-0.3, -0.25) is 4.79 Å². The predicted octanol–water partition coefficient (Wildman–Crippen LogP) is 2.46. The van der Waals surface area contributed by atoms with Gasteiger partial charge in [-0.15, -0.1) is 0 Å². The Labute approximate surface area is 122 Å². The largest absolute Gasteiger partial charge is 0.353 e. The van der Waals surface area contributed by atoms with Crippen molar-refractivity contribution in [3.63, 3.8) is 0 Å². The van der Waals surface area contributed by atoms with E-state index in [2.05, 4.69) is 10.6 Å². The first-order valence-electron chi connectivity index (χ1n) is 8.71. The fourth-order valence-corrected chi connectivity index (χ4v) is 5.81. The van der Waals surface area contributed by atoms with Crippen molar-refractivity contribution in [3.05, 3.63) is 0 Å². The first-order valence-corrected chi connectivity index (χ1v) is 8.71. The minimum atomic E-state index is 0.0886. The molecule has 4 unspecified atom stereocenters. The highest BCUT2D eigenvalue weighted by molar-refractivity contribution is 5.78. The lowest BCUT2D eigenvalue weighted by Gasteiger charge is -2.36. The van der Waals surface area contributed by atoms with Crippen molar-refractivity contribution < 1.29 is 4.79 Å². The fourth-order valence-electron chi connectivity index (χ4n) is 5.81. The number of carbonyl (C=O) groups excluding carboxylic acids is 1. The molecule has 4 rings (SSSR count). The van der Waals surface area contributed by atoms with Gasteiger partial charge in [0.25, 0.3) is 0 Å². The molecule has 0 radical (unpaired) electrons. The van der Waals surface area contributed by atoms with Crippen LogP contribution in [0.3, 0.4) is 0 Å². The third kappa shape index (κ3) is 2.01. The maximum atomic E-state index is 12.4. The van der Waals surface area contributed by atoms with Gasteiger partial charge in [0.05, 0.1) is 0 Å². The summed E-state index contributed by atoms with van der Waals surface area (Å²) in [4.78, 5) is 12.4. The van der Waals surface area contributed by atoms with Crippen LogP contribution < -0.4 is 10.6 Å². The summed E-state index contributed by atoms with van der Waals surface area (Å²) in [5, 5.41) is 6.85. The zero-order valence-corrected chi connectivity index (χ0v) is 12.7. The van der Waals surface area contributed by atoms with E-state index in [-0.39, 0.29) is 5.54 Å². The zero-order chi connectivity index (χ0) is 13.7. The van der Waals surface area contributed by atoms with E-state index in [4.69, 9.17) is 0 Å². The lowest BCUT2D eigenvalue weighted by molar-refractivity contribution is -0.123. The third-order valence-corrected chi connectivity index (χ3v) is 6.90. The summed E-state index contributed by atoms with van der Waals surface area (Å²) in [6.07, 6.45) is 11.2. The minimum Gasteiger partial charge on any atom is -0.353 e. The van der Waals surface area contributed by atoms with Crippen LogP contribution in [0, 0.1) is 23.7 Å². The minimum absolute atomic E-state index is 0.0886. The standard InChI is InChI=1S/C17H28N2O/c1-18-17(7-3-2-4-8-17)10-13(20)19-16-14-11-5-6-12(9-11)15(14)16/h11-12,14-16,18H,2-10H2,1H3,(H,19,20). The molecule has 4 fully saturated rings. The smallest absolute Gasteiger partial charge is 0.222 e. The number of nitrogens with one attached hydrogen (secondary N) is 2. The van der Waals surface area contributed by atoms with Gasteiger partial charge < -0.3 is 10.6 Å². The van der Waals surface area contributed by atoms with E-state index in [0.717, 1.165) is 23.7 Å². The summed E-state index contributed by atoms with van der Waals surface area (Å²) in [6, 6.07) is 0.547. The van der Waals surface area contributed by atoms with Gasteiger partial charge in [0.2, 0.25) is 5.91 Å². The van der Waals surface area contributed by atoms with E-state index in [1.165, 1.54) is 51.4 Å². The number of hydrogen-bond acceptors (Lipinski definition) is 2. The molecule has 0 aromatic heterocycles. The number of amides is 1. The first-order chi connectivity index (χ1) is 9.72. The molecule has 112 valence electrons. The van der Waals surface area contributed by atoms with Gasteiger partial charge in [0.15, 0.2) is 0 Å². The molecule has 4 aliphatic rings. The number of hydrogen-bond donors (Lipinski definition) is 2. The van der Waals surface area contributed by atoms with Gasteiger partial charge in [0.1, 0.15) is 0 Å². The number of fused-ring (bicyclic) bond motifs is 5. The highest BCUT2D eigenvalue weighted by atomic mass is 16.1. The second kappa shape index (κ2) is 4.72. The summed E-state index contributed by atoms with van der Waals surface area (Å²) >= 11 is 0. The van der Waals surface area contributed by atoms with Crippen molar-refractivity contribution in [2.75, 3.05) is 7.05 Å². The Balaban J connectivity index is 1.33. The van der Waals surface area contributed by atoms with Crippen LogP contribution in [0.5, 0.6) is 0 Å². The molecule has 20 heavy (non-hydrogen) atoms. The molecule has 0 heterocycles. The summed E-state index contributed by atoms with van der Waals surface area (Å²) in [5.74, 6) is 3.91. The summed E-state index contributed by atoms with van der Waals surface area (Å²) < 4.78 is 0. The lowest BCUT2D eigenvalue weighted by Crippen LogP contribution is -2.48. The molecule has 4 atom stereocenters. The normalized spacial score (nSPS) is 44.1. The lowest BCUT2D eigenvalue weighted by atomic mass is 9.79. The molecule has 3 nitrogen and oxygen atoms in total. The van der Waals surface area contributed by atoms with Gasteiger partial charge >= 0.3 is 0 Å². The summed E-state index contributed by atoms with van der Waals surface area (Å²) in [7, 11) is 2.03. The van der Waals surface area contributed by atoms with E-state index in [0.29, 0.717) is 18.4 Å². The molecule has 0 aromatic rings. The van der Waals surface area contributed by atoms with Crippen LogP contribution in [-0.2, 0) is 4.79 Å². The van der Waals surface area contributed by atoms with E-state index in [9.17, 15) is 4.79 Å². The molecule has 0 aliphatic heterocycles. The zero-order valence-electron chi connectivity index (χ0n) is 12.7. The van der Waals surface area contributed by atoms with Gasteiger partial charge in [-0.25, -0.2) is 0 Å². The molecular formula is C17H28N2O. The van der Waals surface area contributed by atoms with Crippen molar-refractivity contribution in [3.8, 4) is 0 Å². The maximum Gasteiger partial charge on any atom is 0.222 e. The Morgan fingerprint density at radius 2 is 1.75 bits per heavy atom. The summed E-state index contributed by atoms with van der Waals surface area (Å²) in [5.41, 5.74) is 0.0886. The van der Waals surface area contributed by atoms with Gasteiger partial charge in [-0.05, 0) is 62.8 Å². The molecule has 0 saturated heterocycles. The quantitative estimate of drug-likeness (QED) is 0.828. The van der Waals surface area contributed by atoms with Crippen LogP contribution in [-0.4, -0.2) is 24.5 Å². The Hall–Kier alpha value is -0.570. The second-order valence-electron chi connectivity index (χ2n) is 7.85. The van der Waals surface area contributed by atoms with E-state index in [1.807, 2.05) is 7.05 Å². The van der Waals surface area contributed by atoms with Gasteiger partial charge in [-0.1, -0.05) is 19.3 Å². The SMILES string of the molecule is CNC1(CC(=O)NC2C3C4CCC(C4)C23)CCCCC1. The Morgan fingerprint density at radius 3 is 2.35 bits per heavy atom. The van der Waals surface area contributed by atoms with Crippen molar-refractivity contribution >= 4 is 5.91 Å². The molecule has 0 aromatic carbocycles. The Bertz CT molecular complexity index is 386. The van der Waals surface area contributed by atoms with Crippen LogP contribution in [0.4, 0.5) is 0 Å². The summed E-state index contributed by atoms with van der Waals surface area (Å²) in [6.45, 7) is 0. The topological polar surface area (TPSA) is 41.1 Å². The van der Waals surface area contributed by atoms with Crippen molar-refractivity contribution in [2.45, 2.75) is 69.4 Å². The van der Waals surface area contributed by atoms with Crippen LogP contribution in [0.2, 0.25) is 0 Å². The van der Waals surface area contributed by atoms with Crippen LogP contribution in [0.1, 0.15) is 57.8 Å². The first kappa shape index (κ1) is 13.1. The highest BCUT2D eigenvalue weighted by Gasteiger charge is 2.65. The fraction of sp³-hybridized carbons (Fsp3) is 0.941.